The van der Waals surface area contributed by atoms with Crippen LogP contribution in [0.1, 0.15) is 28.3 Å². The van der Waals surface area contributed by atoms with Crippen molar-refractivity contribution in [1.82, 2.24) is 9.97 Å². The van der Waals surface area contributed by atoms with E-state index < -0.39 is 17.7 Å². The number of fused-ring (bicyclic) bond motifs is 1. The number of rotatable bonds is 6. The molecule has 8 heteroatoms. The predicted octanol–water partition coefficient (Wildman–Crippen LogP) is 5.50. The van der Waals surface area contributed by atoms with Gasteiger partial charge < -0.3 is 9.84 Å². The van der Waals surface area contributed by atoms with Gasteiger partial charge in [-0.05, 0) is 60.9 Å². The van der Waals surface area contributed by atoms with E-state index in [9.17, 15) is 14.7 Å². The Labute approximate surface area is 212 Å². The summed E-state index contributed by atoms with van der Waals surface area (Å²) in [6.07, 6.45) is 4.67. The average Bonchev–Trinajstić information content (AvgIpc) is 3.41. The molecule has 0 saturated carbocycles. The number of hydrogen-bond acceptors (Lipinski definition) is 7. The summed E-state index contributed by atoms with van der Waals surface area (Å²) < 4.78 is 6.62. The molecule has 1 aliphatic rings. The average molecular weight is 498 g/mol. The van der Waals surface area contributed by atoms with Gasteiger partial charge in [0.15, 0.2) is 5.13 Å². The van der Waals surface area contributed by atoms with Crippen molar-refractivity contribution < 1.29 is 19.4 Å². The van der Waals surface area contributed by atoms with E-state index in [1.807, 2.05) is 26.0 Å². The summed E-state index contributed by atoms with van der Waals surface area (Å²) >= 11 is 1.34. The largest absolute Gasteiger partial charge is 0.507 e. The number of Topliss-reactive ketones (excluding diaryl/α,β-unsaturated/α-hetero) is 1. The monoisotopic (exact) mass is 497 g/mol. The SMILES string of the molecule is C=CCOc1cccc(C2/C(=C(\O)c3ccncc3)C(=O)C(=O)N2c2nc3c(C)cc(C)cc3s2)c1. The minimum Gasteiger partial charge on any atom is -0.507 e. The van der Waals surface area contributed by atoms with Crippen LogP contribution in [0.5, 0.6) is 5.75 Å². The summed E-state index contributed by atoms with van der Waals surface area (Å²) in [7, 11) is 0. The van der Waals surface area contributed by atoms with Crippen molar-refractivity contribution in [2.24, 2.45) is 0 Å². The van der Waals surface area contributed by atoms with Gasteiger partial charge in [0, 0.05) is 18.0 Å². The van der Waals surface area contributed by atoms with Crippen LogP contribution in [0.15, 0.2) is 79.2 Å². The number of aliphatic hydroxyl groups excluding tert-OH is 1. The van der Waals surface area contributed by atoms with Gasteiger partial charge in [-0.25, -0.2) is 4.98 Å². The number of carbonyl (C=O) groups is 2. The maximum Gasteiger partial charge on any atom is 0.301 e. The molecular formula is C28H23N3O4S. The van der Waals surface area contributed by atoms with Gasteiger partial charge in [0.25, 0.3) is 5.78 Å². The molecule has 0 aliphatic carbocycles. The van der Waals surface area contributed by atoms with Gasteiger partial charge >= 0.3 is 5.91 Å². The summed E-state index contributed by atoms with van der Waals surface area (Å²) in [6, 6.07) is 13.4. The fourth-order valence-corrected chi connectivity index (χ4v) is 5.57. The second-order valence-corrected chi connectivity index (χ2v) is 9.51. The van der Waals surface area contributed by atoms with Crippen molar-refractivity contribution in [1.29, 1.82) is 0 Å². The number of thiazole rings is 1. The number of nitrogens with zero attached hydrogens (tertiary/aromatic N) is 3. The van der Waals surface area contributed by atoms with Crippen molar-refractivity contribution in [2.75, 3.05) is 11.5 Å². The van der Waals surface area contributed by atoms with Crippen molar-refractivity contribution in [3.8, 4) is 5.75 Å². The molecule has 2 aromatic carbocycles. The Balaban J connectivity index is 1.73. The molecule has 1 atom stereocenters. The molecule has 5 rings (SSSR count). The molecule has 180 valence electrons. The minimum absolute atomic E-state index is 0.0146. The first kappa shape index (κ1) is 23.4. The van der Waals surface area contributed by atoms with E-state index in [0.29, 0.717) is 28.6 Å². The van der Waals surface area contributed by atoms with Gasteiger partial charge in [0.2, 0.25) is 0 Å². The van der Waals surface area contributed by atoms with Crippen LogP contribution in [0.4, 0.5) is 5.13 Å². The Morgan fingerprint density at radius 2 is 1.94 bits per heavy atom. The maximum atomic E-state index is 13.5. The summed E-state index contributed by atoms with van der Waals surface area (Å²) in [4.78, 5) is 37.0. The lowest BCUT2D eigenvalue weighted by molar-refractivity contribution is -0.132. The summed E-state index contributed by atoms with van der Waals surface area (Å²) in [5.41, 5.74) is 3.83. The van der Waals surface area contributed by atoms with E-state index in [1.54, 1.807) is 42.5 Å². The van der Waals surface area contributed by atoms with Crippen LogP contribution in [-0.4, -0.2) is 33.4 Å². The number of anilines is 1. The van der Waals surface area contributed by atoms with Crippen molar-refractivity contribution in [3.63, 3.8) is 0 Å². The van der Waals surface area contributed by atoms with Crippen LogP contribution >= 0.6 is 11.3 Å². The second kappa shape index (κ2) is 9.39. The van der Waals surface area contributed by atoms with Crippen LogP contribution in [0.25, 0.3) is 16.0 Å². The van der Waals surface area contributed by atoms with E-state index in [2.05, 4.69) is 11.6 Å². The molecule has 4 aromatic rings. The number of benzene rings is 2. The van der Waals surface area contributed by atoms with E-state index in [1.165, 1.54) is 28.6 Å². The van der Waals surface area contributed by atoms with Gasteiger partial charge in [0.05, 0.1) is 21.8 Å². The molecular weight excluding hydrogens is 474 g/mol. The highest BCUT2D eigenvalue weighted by Crippen LogP contribution is 2.45. The maximum absolute atomic E-state index is 13.5. The molecule has 36 heavy (non-hydrogen) atoms. The fraction of sp³-hybridized carbons (Fsp3) is 0.143. The fourth-order valence-electron chi connectivity index (χ4n) is 4.40. The van der Waals surface area contributed by atoms with E-state index in [0.717, 1.165) is 21.3 Å². The summed E-state index contributed by atoms with van der Waals surface area (Å²) in [6.45, 7) is 7.95. The first-order chi connectivity index (χ1) is 17.4. The molecule has 7 nitrogen and oxygen atoms in total. The third-order valence-corrected chi connectivity index (χ3v) is 6.97. The lowest BCUT2D eigenvalue weighted by Crippen LogP contribution is -2.29. The van der Waals surface area contributed by atoms with Gasteiger partial charge in [-0.15, -0.1) is 0 Å². The Hall–Kier alpha value is -4.30. The van der Waals surface area contributed by atoms with Crippen LogP contribution in [0, 0.1) is 13.8 Å². The zero-order chi connectivity index (χ0) is 25.4. The summed E-state index contributed by atoms with van der Waals surface area (Å²) in [5, 5.41) is 11.6. The third-order valence-electron chi connectivity index (χ3n) is 5.96. The quantitative estimate of drug-likeness (QED) is 0.164. The molecule has 0 spiro atoms. The lowest BCUT2D eigenvalue weighted by atomic mass is 9.95. The number of carbonyl (C=O) groups excluding carboxylic acids is 2. The van der Waals surface area contributed by atoms with Crippen molar-refractivity contribution >= 4 is 44.1 Å². The lowest BCUT2D eigenvalue weighted by Gasteiger charge is -2.23. The number of aromatic nitrogens is 2. The number of aliphatic hydroxyl groups is 1. The normalized spacial score (nSPS) is 17.1. The molecule has 0 radical (unpaired) electrons. The Morgan fingerprint density at radius 1 is 1.17 bits per heavy atom. The highest BCUT2D eigenvalue weighted by Gasteiger charge is 2.48. The molecule has 1 fully saturated rings. The van der Waals surface area contributed by atoms with Gasteiger partial charge in [-0.1, -0.05) is 42.2 Å². The zero-order valence-electron chi connectivity index (χ0n) is 19.8. The van der Waals surface area contributed by atoms with E-state index in [-0.39, 0.29) is 11.3 Å². The van der Waals surface area contributed by atoms with Crippen LogP contribution in [0.2, 0.25) is 0 Å². The van der Waals surface area contributed by atoms with Gasteiger partial charge in [0.1, 0.15) is 18.1 Å². The van der Waals surface area contributed by atoms with E-state index >= 15 is 0 Å². The number of aryl methyl sites for hydroxylation is 2. The predicted molar refractivity (Wildman–Crippen MR) is 140 cm³/mol. The molecule has 3 heterocycles. The molecule has 1 amide bonds. The minimum atomic E-state index is -0.896. The van der Waals surface area contributed by atoms with Gasteiger partial charge in [-0.3, -0.25) is 19.5 Å². The Kier molecular flexibility index (Phi) is 6.12. The van der Waals surface area contributed by atoms with Crippen LogP contribution in [-0.2, 0) is 9.59 Å². The first-order valence-electron chi connectivity index (χ1n) is 11.3. The molecule has 0 bridgehead atoms. The van der Waals surface area contributed by atoms with Crippen molar-refractivity contribution in [3.05, 3.63) is 101 Å². The number of ketones is 1. The number of ether oxygens (including phenoxy) is 1. The third kappa shape index (κ3) is 4.05. The molecule has 1 N–H and O–H groups in total. The first-order valence-corrected chi connectivity index (χ1v) is 12.1. The van der Waals surface area contributed by atoms with E-state index in [4.69, 9.17) is 9.72 Å². The van der Waals surface area contributed by atoms with Gasteiger partial charge in [-0.2, -0.15) is 0 Å². The van der Waals surface area contributed by atoms with Crippen LogP contribution < -0.4 is 9.64 Å². The Bertz CT molecular complexity index is 1540. The molecule has 1 unspecified atom stereocenters. The second-order valence-electron chi connectivity index (χ2n) is 8.50. The molecule has 1 saturated heterocycles. The molecule has 2 aromatic heterocycles. The number of pyridine rings is 1. The van der Waals surface area contributed by atoms with Crippen LogP contribution in [0.3, 0.4) is 0 Å². The molecule has 1 aliphatic heterocycles. The smallest absolute Gasteiger partial charge is 0.301 e. The standard InChI is InChI=1S/C28H23N3O4S/c1-4-12-35-20-7-5-6-19(15-20)24-22(25(32)18-8-10-29-11-9-18)26(33)27(34)31(24)28-30-23-17(3)13-16(2)14-21(23)36-28/h4-11,13-15,24,32H,1,12H2,2-3H3/b25-22+. The van der Waals surface area contributed by atoms with Crippen molar-refractivity contribution in [2.45, 2.75) is 19.9 Å². The highest BCUT2D eigenvalue weighted by molar-refractivity contribution is 7.22. The zero-order valence-corrected chi connectivity index (χ0v) is 20.6. The number of amides is 1. The summed E-state index contributed by atoms with van der Waals surface area (Å²) in [5.74, 6) is -1.24. The Morgan fingerprint density at radius 3 is 2.69 bits per heavy atom. The number of hydrogen-bond donors (Lipinski definition) is 1. The topological polar surface area (TPSA) is 92.6 Å². The highest BCUT2D eigenvalue weighted by atomic mass is 32.1.